The minimum absolute atomic E-state index is 0.248. The van der Waals surface area contributed by atoms with Gasteiger partial charge in [-0.15, -0.1) is 0 Å². The van der Waals surface area contributed by atoms with E-state index in [1.807, 2.05) is 0 Å². The Balaban J connectivity index is 1.75. The number of para-hydroxylation sites is 1. The van der Waals surface area contributed by atoms with E-state index in [1.54, 1.807) is 0 Å². The molecule has 1 heterocycles. The average Bonchev–Trinajstić information content (AvgIpc) is 2.59. The Morgan fingerprint density at radius 2 is 1.64 bits per heavy atom. The lowest BCUT2D eigenvalue weighted by Crippen LogP contribution is -2.33. The second kappa shape index (κ2) is 4.89. The van der Waals surface area contributed by atoms with Gasteiger partial charge >= 0.3 is 0 Å². The molecule has 0 saturated carbocycles. The van der Waals surface area contributed by atoms with Gasteiger partial charge in [-0.3, -0.25) is 0 Å². The first-order chi connectivity index (χ1) is 12.0. The summed E-state index contributed by atoms with van der Waals surface area (Å²) in [5.41, 5.74) is 7.70. The van der Waals surface area contributed by atoms with E-state index in [1.165, 1.54) is 16.7 Å². The third-order valence-electron chi connectivity index (χ3n) is 5.38. The van der Waals surface area contributed by atoms with Gasteiger partial charge in [0.15, 0.2) is 11.5 Å². The molecular weight excluding hydrogens is 306 g/mol. The molecule has 2 nitrogen and oxygen atoms in total. The molecule has 0 aromatic heterocycles. The first-order valence-corrected chi connectivity index (χ1v) is 8.84. The maximum absolute atomic E-state index is 6.33. The van der Waals surface area contributed by atoms with Gasteiger partial charge in [0.05, 0.1) is 11.4 Å². The van der Waals surface area contributed by atoms with Gasteiger partial charge in [0, 0.05) is 5.69 Å². The van der Waals surface area contributed by atoms with Crippen LogP contribution in [0, 0.1) is 6.92 Å². The maximum Gasteiger partial charge on any atom is 0.151 e. The van der Waals surface area contributed by atoms with Crippen molar-refractivity contribution in [2.75, 3.05) is 4.90 Å². The lowest BCUT2D eigenvalue weighted by molar-refractivity contribution is 0.438. The van der Waals surface area contributed by atoms with Gasteiger partial charge in [-0.2, -0.15) is 0 Å². The zero-order valence-electron chi connectivity index (χ0n) is 14.8. The van der Waals surface area contributed by atoms with Gasteiger partial charge < -0.3 is 9.64 Å². The number of aryl methyl sites for hydroxylation is 1. The molecule has 0 amide bonds. The van der Waals surface area contributed by atoms with E-state index in [4.69, 9.17) is 4.74 Å². The zero-order chi connectivity index (χ0) is 17.2. The smallest absolute Gasteiger partial charge is 0.151 e. The van der Waals surface area contributed by atoms with Crippen molar-refractivity contribution >= 4 is 17.1 Å². The van der Waals surface area contributed by atoms with Crippen LogP contribution in [0.3, 0.4) is 0 Å². The van der Waals surface area contributed by atoms with E-state index in [-0.39, 0.29) is 5.41 Å². The van der Waals surface area contributed by atoms with Gasteiger partial charge in [0.25, 0.3) is 0 Å². The van der Waals surface area contributed by atoms with Crippen LogP contribution in [0.25, 0.3) is 0 Å². The lowest BCUT2D eigenvalue weighted by Gasteiger charge is -2.41. The fourth-order valence-corrected chi connectivity index (χ4v) is 4.10. The van der Waals surface area contributed by atoms with Crippen molar-refractivity contribution in [1.82, 2.24) is 0 Å². The number of benzene rings is 3. The fraction of sp³-hybridized carbons (Fsp3) is 0.217. The van der Waals surface area contributed by atoms with Gasteiger partial charge in [0.1, 0.15) is 0 Å². The molecule has 0 radical (unpaired) electrons. The van der Waals surface area contributed by atoms with Crippen molar-refractivity contribution in [3.63, 3.8) is 0 Å². The third-order valence-corrected chi connectivity index (χ3v) is 5.38. The highest BCUT2D eigenvalue weighted by atomic mass is 16.5. The second-order valence-electron chi connectivity index (χ2n) is 7.78. The highest BCUT2D eigenvalue weighted by Crippen LogP contribution is 2.54. The molecule has 0 saturated heterocycles. The number of nitrogens with zero attached hydrogens (tertiary/aromatic N) is 1. The highest BCUT2D eigenvalue weighted by Gasteiger charge is 2.37. The number of rotatable bonds is 1. The van der Waals surface area contributed by atoms with Crippen LogP contribution in [-0.4, -0.2) is 0 Å². The number of hydrogen-bond acceptors (Lipinski definition) is 2. The average molecular weight is 327 g/mol. The first kappa shape index (κ1) is 14.6. The molecule has 124 valence electrons. The Labute approximate surface area is 148 Å². The molecule has 3 aromatic rings. The van der Waals surface area contributed by atoms with Crippen molar-refractivity contribution < 1.29 is 4.74 Å². The molecule has 5 rings (SSSR count). The lowest BCUT2D eigenvalue weighted by atomic mass is 9.66. The summed E-state index contributed by atoms with van der Waals surface area (Å²) in [6, 6.07) is 21.5. The van der Waals surface area contributed by atoms with Crippen molar-refractivity contribution in [1.29, 1.82) is 0 Å². The minimum atomic E-state index is 0.248. The van der Waals surface area contributed by atoms with Crippen molar-refractivity contribution in [3.8, 4) is 11.5 Å². The molecule has 1 aliphatic carbocycles. The van der Waals surface area contributed by atoms with E-state index in [9.17, 15) is 0 Å². The number of ether oxygens (including phenoxy) is 1. The summed E-state index contributed by atoms with van der Waals surface area (Å²) < 4.78 is 6.33. The molecule has 0 fully saturated rings. The van der Waals surface area contributed by atoms with Crippen LogP contribution in [0.5, 0.6) is 11.5 Å². The van der Waals surface area contributed by atoms with Crippen LogP contribution in [0.4, 0.5) is 17.1 Å². The topological polar surface area (TPSA) is 12.5 Å². The Morgan fingerprint density at radius 3 is 2.40 bits per heavy atom. The summed E-state index contributed by atoms with van der Waals surface area (Å²) in [5, 5.41) is 0. The molecule has 0 unspecified atom stereocenters. The molecule has 0 spiro atoms. The monoisotopic (exact) mass is 327 g/mol. The van der Waals surface area contributed by atoms with Gasteiger partial charge in [-0.25, -0.2) is 0 Å². The van der Waals surface area contributed by atoms with Gasteiger partial charge in [-0.05, 0) is 71.8 Å². The molecule has 2 aliphatic rings. The van der Waals surface area contributed by atoms with Crippen LogP contribution in [0.15, 0.2) is 60.7 Å². The van der Waals surface area contributed by atoms with Crippen molar-refractivity contribution in [2.45, 2.75) is 32.6 Å². The number of anilines is 3. The highest BCUT2D eigenvalue weighted by molar-refractivity contribution is 5.87. The Hall–Kier alpha value is -2.74. The Morgan fingerprint density at radius 1 is 0.880 bits per heavy atom. The largest absolute Gasteiger partial charge is 0.453 e. The van der Waals surface area contributed by atoms with Crippen LogP contribution >= 0.6 is 0 Å². The predicted molar refractivity (Wildman–Crippen MR) is 103 cm³/mol. The minimum Gasteiger partial charge on any atom is -0.453 e. The van der Waals surface area contributed by atoms with E-state index < -0.39 is 0 Å². The molecule has 0 bridgehead atoms. The summed E-state index contributed by atoms with van der Waals surface area (Å²) in [6.07, 6.45) is 1.12. The van der Waals surface area contributed by atoms with Crippen LogP contribution in [0.1, 0.15) is 30.5 Å². The Kier molecular flexibility index (Phi) is 2.85. The molecule has 3 aromatic carbocycles. The molecular formula is C23H21NO. The summed E-state index contributed by atoms with van der Waals surface area (Å²) in [4.78, 5) is 2.32. The number of fused-ring (bicyclic) bond motifs is 3. The van der Waals surface area contributed by atoms with Crippen LogP contribution in [0.2, 0.25) is 0 Å². The molecule has 1 aliphatic heterocycles. The van der Waals surface area contributed by atoms with E-state index in [0.29, 0.717) is 0 Å². The van der Waals surface area contributed by atoms with E-state index in [2.05, 4.69) is 86.3 Å². The van der Waals surface area contributed by atoms with E-state index in [0.717, 1.165) is 35.0 Å². The molecule has 0 atom stereocenters. The van der Waals surface area contributed by atoms with Gasteiger partial charge in [0.2, 0.25) is 0 Å². The molecule has 2 heteroatoms. The SMILES string of the molecule is Cc1ccc2c(c1)Oc1cc3c(cc1N2c1ccccc1)CC3(C)C. The summed E-state index contributed by atoms with van der Waals surface area (Å²) >= 11 is 0. The molecule has 0 N–H and O–H groups in total. The van der Waals surface area contributed by atoms with Crippen molar-refractivity contribution in [3.05, 3.63) is 77.4 Å². The zero-order valence-corrected chi connectivity index (χ0v) is 14.8. The third kappa shape index (κ3) is 2.10. The van der Waals surface area contributed by atoms with Gasteiger partial charge in [-0.1, -0.05) is 38.1 Å². The van der Waals surface area contributed by atoms with E-state index >= 15 is 0 Å². The normalized spacial score (nSPS) is 16.2. The summed E-state index contributed by atoms with van der Waals surface area (Å²) in [5.74, 6) is 1.88. The van der Waals surface area contributed by atoms with Crippen LogP contribution in [-0.2, 0) is 11.8 Å². The summed E-state index contributed by atoms with van der Waals surface area (Å²) in [7, 11) is 0. The standard InChI is InChI=1S/C23H21NO/c1-15-9-10-19-21(11-15)25-22-13-18-16(14-23(18,2)3)12-20(22)24(19)17-7-5-4-6-8-17/h4-13H,14H2,1-3H3. The first-order valence-electron chi connectivity index (χ1n) is 8.84. The maximum atomic E-state index is 6.33. The quantitative estimate of drug-likeness (QED) is 0.401. The predicted octanol–water partition coefficient (Wildman–Crippen LogP) is 6.40. The number of hydrogen-bond donors (Lipinski definition) is 0. The van der Waals surface area contributed by atoms with Crippen molar-refractivity contribution in [2.24, 2.45) is 0 Å². The molecule has 25 heavy (non-hydrogen) atoms. The van der Waals surface area contributed by atoms with Crippen LogP contribution < -0.4 is 9.64 Å². The summed E-state index contributed by atoms with van der Waals surface area (Å²) in [6.45, 7) is 6.71. The Bertz CT molecular complexity index is 988. The fourth-order valence-electron chi connectivity index (χ4n) is 4.10. The second-order valence-corrected chi connectivity index (χ2v) is 7.78.